The molecule has 0 unspecified atom stereocenters. The number of aromatic nitrogens is 2. The molecule has 5 heteroatoms. The van der Waals surface area contributed by atoms with Gasteiger partial charge in [-0.2, -0.15) is 5.10 Å². The average Bonchev–Trinajstić information content (AvgIpc) is 3.20. The van der Waals surface area contributed by atoms with Crippen molar-refractivity contribution in [2.75, 3.05) is 19.6 Å². The molecule has 0 radical (unpaired) electrons. The first-order valence-electron chi connectivity index (χ1n) is 9.68. The molecule has 2 aliphatic heterocycles. The summed E-state index contributed by atoms with van der Waals surface area (Å²) in [5.74, 6) is 0.314. The van der Waals surface area contributed by atoms with Crippen molar-refractivity contribution < 1.29 is 4.79 Å². The summed E-state index contributed by atoms with van der Waals surface area (Å²) in [6, 6.07) is 9.27. The van der Waals surface area contributed by atoms with Gasteiger partial charge in [-0.15, -0.1) is 0 Å². The molecule has 2 aromatic rings. The molecule has 0 N–H and O–H groups in total. The summed E-state index contributed by atoms with van der Waals surface area (Å²) in [4.78, 5) is 16.4. The Morgan fingerprint density at radius 3 is 2.73 bits per heavy atom. The van der Waals surface area contributed by atoms with E-state index in [0.29, 0.717) is 11.9 Å². The van der Waals surface area contributed by atoms with E-state index in [2.05, 4.69) is 52.8 Å². The lowest BCUT2D eigenvalue weighted by Gasteiger charge is -2.34. The Bertz CT molecular complexity index is 777. The zero-order chi connectivity index (χ0) is 18.1. The fourth-order valence-electron chi connectivity index (χ4n) is 4.46. The number of benzene rings is 1. The molecule has 1 fully saturated rings. The minimum absolute atomic E-state index is 0.314. The summed E-state index contributed by atoms with van der Waals surface area (Å²) in [5, 5.41) is 4.56. The number of carbonyl (C=O) groups excluding carboxylic acids is 1. The van der Waals surface area contributed by atoms with Crippen molar-refractivity contribution in [3.05, 3.63) is 52.8 Å². The van der Waals surface area contributed by atoms with Crippen LogP contribution in [0.15, 0.2) is 30.5 Å². The number of fused-ring (bicyclic) bond motifs is 1. The van der Waals surface area contributed by atoms with Crippen molar-refractivity contribution in [1.29, 1.82) is 0 Å². The summed E-state index contributed by atoms with van der Waals surface area (Å²) >= 11 is 0. The zero-order valence-electron chi connectivity index (χ0n) is 15.8. The first-order valence-corrected chi connectivity index (χ1v) is 9.68. The molecule has 1 atom stereocenters. The molecule has 1 aromatic carbocycles. The number of carbonyl (C=O) groups is 1. The number of hydrogen-bond acceptors (Lipinski definition) is 3. The van der Waals surface area contributed by atoms with Gasteiger partial charge in [-0.1, -0.05) is 29.3 Å². The average molecular weight is 352 g/mol. The van der Waals surface area contributed by atoms with Crippen molar-refractivity contribution >= 4 is 5.91 Å². The van der Waals surface area contributed by atoms with E-state index in [1.165, 1.54) is 22.4 Å². The van der Waals surface area contributed by atoms with Gasteiger partial charge in [0, 0.05) is 45.3 Å². The third-order valence-corrected chi connectivity index (χ3v) is 5.54. The highest BCUT2D eigenvalue weighted by Gasteiger charge is 2.27. The van der Waals surface area contributed by atoms with Gasteiger partial charge in [0.15, 0.2) is 0 Å². The third kappa shape index (κ3) is 3.68. The third-order valence-electron chi connectivity index (χ3n) is 5.54. The van der Waals surface area contributed by atoms with Crippen LogP contribution in [0.25, 0.3) is 0 Å². The quantitative estimate of drug-likeness (QED) is 0.830. The molecule has 1 saturated heterocycles. The predicted molar refractivity (Wildman–Crippen MR) is 102 cm³/mol. The van der Waals surface area contributed by atoms with Crippen LogP contribution in [0.2, 0.25) is 0 Å². The summed E-state index contributed by atoms with van der Waals surface area (Å²) in [5.41, 5.74) is 5.31. The first kappa shape index (κ1) is 17.3. The highest BCUT2D eigenvalue weighted by Crippen LogP contribution is 2.25. The van der Waals surface area contributed by atoms with Gasteiger partial charge in [0.05, 0.1) is 11.7 Å². The minimum atomic E-state index is 0.314. The maximum atomic E-state index is 11.9. The molecular formula is C21H28N4O. The normalized spacial score (nSPS) is 20.6. The number of amides is 1. The predicted octanol–water partition coefficient (Wildman–Crippen LogP) is 3.07. The second kappa shape index (κ2) is 7.23. The van der Waals surface area contributed by atoms with Gasteiger partial charge in [-0.25, -0.2) is 0 Å². The molecule has 2 aliphatic rings. The van der Waals surface area contributed by atoms with E-state index < -0.39 is 0 Å². The summed E-state index contributed by atoms with van der Waals surface area (Å²) in [7, 11) is 0. The van der Waals surface area contributed by atoms with Crippen molar-refractivity contribution in [2.45, 2.75) is 52.2 Å². The van der Waals surface area contributed by atoms with Gasteiger partial charge in [0.1, 0.15) is 0 Å². The van der Waals surface area contributed by atoms with Gasteiger partial charge in [0.2, 0.25) is 5.91 Å². The van der Waals surface area contributed by atoms with Crippen LogP contribution in [0.5, 0.6) is 0 Å². The summed E-state index contributed by atoms with van der Waals surface area (Å²) in [6.45, 7) is 8.99. The van der Waals surface area contributed by atoms with Crippen molar-refractivity contribution in [1.82, 2.24) is 19.6 Å². The molecule has 26 heavy (non-hydrogen) atoms. The molecule has 3 heterocycles. The molecule has 5 nitrogen and oxygen atoms in total. The molecule has 0 bridgehead atoms. The SMILES string of the molecule is Cc1cc(C)cc(CN2Cc3ccnn3[C@H](CCN3CCCC3=O)C2)c1. The molecule has 4 rings (SSSR count). The largest absolute Gasteiger partial charge is 0.343 e. The highest BCUT2D eigenvalue weighted by molar-refractivity contribution is 5.78. The fourth-order valence-corrected chi connectivity index (χ4v) is 4.46. The molecule has 1 amide bonds. The lowest BCUT2D eigenvalue weighted by molar-refractivity contribution is -0.127. The van der Waals surface area contributed by atoms with E-state index >= 15 is 0 Å². The van der Waals surface area contributed by atoms with Crippen molar-refractivity contribution in [2.24, 2.45) is 0 Å². The van der Waals surface area contributed by atoms with Crippen LogP contribution in [0.1, 0.15) is 47.7 Å². The van der Waals surface area contributed by atoms with E-state index in [-0.39, 0.29) is 0 Å². The number of likely N-dealkylation sites (tertiary alicyclic amines) is 1. The van der Waals surface area contributed by atoms with Gasteiger partial charge >= 0.3 is 0 Å². The van der Waals surface area contributed by atoms with Crippen LogP contribution in [0.3, 0.4) is 0 Å². The lowest BCUT2D eigenvalue weighted by atomic mass is 10.1. The van der Waals surface area contributed by atoms with Crippen LogP contribution in [0.4, 0.5) is 0 Å². The Morgan fingerprint density at radius 1 is 1.19 bits per heavy atom. The number of rotatable bonds is 5. The van der Waals surface area contributed by atoms with Crippen LogP contribution >= 0.6 is 0 Å². The number of nitrogens with zero attached hydrogens (tertiary/aromatic N) is 4. The monoisotopic (exact) mass is 352 g/mol. The van der Waals surface area contributed by atoms with Crippen molar-refractivity contribution in [3.63, 3.8) is 0 Å². The Kier molecular flexibility index (Phi) is 4.81. The van der Waals surface area contributed by atoms with Crippen molar-refractivity contribution in [3.8, 4) is 0 Å². The van der Waals surface area contributed by atoms with E-state index in [0.717, 1.165) is 52.0 Å². The maximum Gasteiger partial charge on any atom is 0.222 e. The topological polar surface area (TPSA) is 41.4 Å². The summed E-state index contributed by atoms with van der Waals surface area (Å²) < 4.78 is 2.18. The van der Waals surface area contributed by atoms with Crippen LogP contribution in [-0.4, -0.2) is 45.1 Å². The lowest BCUT2D eigenvalue weighted by Crippen LogP contribution is -2.39. The number of hydrogen-bond donors (Lipinski definition) is 0. The molecule has 1 aromatic heterocycles. The smallest absolute Gasteiger partial charge is 0.222 e. The molecule has 0 spiro atoms. The van der Waals surface area contributed by atoms with Gasteiger partial charge in [-0.3, -0.25) is 14.4 Å². The first-order chi connectivity index (χ1) is 12.6. The number of aryl methyl sites for hydroxylation is 2. The van der Waals surface area contributed by atoms with Crippen LogP contribution in [0, 0.1) is 13.8 Å². The maximum absolute atomic E-state index is 11.9. The molecular weight excluding hydrogens is 324 g/mol. The minimum Gasteiger partial charge on any atom is -0.343 e. The molecule has 138 valence electrons. The van der Waals surface area contributed by atoms with E-state index in [1.54, 1.807) is 0 Å². The molecule has 0 aliphatic carbocycles. The van der Waals surface area contributed by atoms with Crippen LogP contribution < -0.4 is 0 Å². The van der Waals surface area contributed by atoms with E-state index in [9.17, 15) is 4.79 Å². The standard InChI is InChI=1S/C21H28N4O/c1-16-10-17(2)12-18(11-16)13-23-14-19-5-7-22-25(19)20(15-23)6-9-24-8-3-4-21(24)26/h5,7,10-12,20H,3-4,6,8-9,13-15H2,1-2H3/t20-/m1/s1. The van der Waals surface area contributed by atoms with Gasteiger partial charge < -0.3 is 4.90 Å². The Hall–Kier alpha value is -2.14. The molecule has 0 saturated carbocycles. The summed E-state index contributed by atoms with van der Waals surface area (Å²) in [6.07, 6.45) is 4.61. The zero-order valence-corrected chi connectivity index (χ0v) is 15.8. The Morgan fingerprint density at radius 2 is 2.00 bits per heavy atom. The Labute approximate surface area is 155 Å². The van der Waals surface area contributed by atoms with Crippen LogP contribution in [-0.2, 0) is 17.9 Å². The van der Waals surface area contributed by atoms with E-state index in [1.807, 2.05) is 11.1 Å². The Balaban J connectivity index is 1.46. The second-order valence-corrected chi connectivity index (χ2v) is 7.86. The fraction of sp³-hybridized carbons (Fsp3) is 0.524. The van der Waals surface area contributed by atoms with Gasteiger partial charge in [-0.05, 0) is 38.3 Å². The second-order valence-electron chi connectivity index (χ2n) is 7.86. The van der Waals surface area contributed by atoms with E-state index in [4.69, 9.17) is 0 Å². The highest BCUT2D eigenvalue weighted by atomic mass is 16.2. The van der Waals surface area contributed by atoms with Gasteiger partial charge in [0.25, 0.3) is 0 Å².